The van der Waals surface area contributed by atoms with Crippen LogP contribution in [0, 0.1) is 11.3 Å². The molecule has 1 aliphatic heterocycles. The highest BCUT2D eigenvalue weighted by atomic mass is 16.4. The number of carbonyl (C=O) groups is 1. The van der Waals surface area contributed by atoms with E-state index in [2.05, 4.69) is 21.6 Å². The van der Waals surface area contributed by atoms with Crippen LogP contribution in [0.3, 0.4) is 0 Å². The Morgan fingerprint density at radius 3 is 2.54 bits per heavy atom. The fourth-order valence-electron chi connectivity index (χ4n) is 4.36. The second kappa shape index (κ2) is 9.40. The van der Waals surface area contributed by atoms with Crippen molar-refractivity contribution in [2.75, 3.05) is 5.32 Å². The van der Waals surface area contributed by atoms with E-state index in [1.54, 1.807) is 36.8 Å². The van der Waals surface area contributed by atoms with Crippen LogP contribution in [0.25, 0.3) is 22.6 Å². The van der Waals surface area contributed by atoms with E-state index in [0.29, 0.717) is 22.4 Å². The summed E-state index contributed by atoms with van der Waals surface area (Å²) in [5, 5.41) is 20.7. The molecule has 1 aliphatic rings. The third-order valence-corrected chi connectivity index (χ3v) is 6.14. The van der Waals surface area contributed by atoms with Crippen molar-refractivity contribution in [1.82, 2.24) is 10.2 Å². The highest BCUT2D eigenvalue weighted by molar-refractivity contribution is 6.16. The van der Waals surface area contributed by atoms with E-state index < -0.39 is 6.17 Å². The molecule has 0 aliphatic carbocycles. The van der Waals surface area contributed by atoms with Crippen LogP contribution in [-0.2, 0) is 11.2 Å². The van der Waals surface area contributed by atoms with E-state index in [1.807, 2.05) is 54.6 Å². The second-order valence-corrected chi connectivity index (χ2v) is 8.49. The summed E-state index contributed by atoms with van der Waals surface area (Å²) in [6.45, 7) is 0. The highest BCUT2D eigenvalue weighted by Crippen LogP contribution is 2.33. The number of hydrogen-bond acceptors (Lipinski definition) is 8. The van der Waals surface area contributed by atoms with Gasteiger partial charge < -0.3 is 14.2 Å². The molecule has 0 fully saturated rings. The maximum atomic E-state index is 13.2. The van der Waals surface area contributed by atoms with Gasteiger partial charge in [0.15, 0.2) is 11.9 Å². The van der Waals surface area contributed by atoms with Crippen molar-refractivity contribution >= 4 is 17.5 Å². The molecule has 37 heavy (non-hydrogen) atoms. The summed E-state index contributed by atoms with van der Waals surface area (Å²) >= 11 is 0. The molecule has 0 spiro atoms. The number of ketones is 1. The molecule has 1 N–H and O–H groups in total. The first-order chi connectivity index (χ1) is 18.2. The first-order valence-corrected chi connectivity index (χ1v) is 11.6. The third kappa shape index (κ3) is 4.30. The molecule has 0 saturated heterocycles. The van der Waals surface area contributed by atoms with Crippen molar-refractivity contribution in [3.05, 3.63) is 114 Å². The van der Waals surface area contributed by atoms with Gasteiger partial charge in [0, 0.05) is 28.7 Å². The van der Waals surface area contributed by atoms with Crippen LogP contribution in [0.15, 0.2) is 105 Å². The molecule has 2 aromatic heterocycles. The van der Waals surface area contributed by atoms with Crippen LogP contribution in [0.5, 0.6) is 0 Å². The van der Waals surface area contributed by atoms with Crippen molar-refractivity contribution in [2.24, 2.45) is 4.99 Å². The molecule has 0 radical (unpaired) electrons. The van der Waals surface area contributed by atoms with Crippen molar-refractivity contribution in [3.63, 3.8) is 0 Å². The van der Waals surface area contributed by atoms with Gasteiger partial charge in [-0.25, -0.2) is 0 Å². The molecule has 178 valence electrons. The fraction of sp³-hybridized carbons (Fsp3) is 0.0690. The van der Waals surface area contributed by atoms with Crippen LogP contribution >= 0.6 is 0 Å². The zero-order chi connectivity index (χ0) is 25.2. The van der Waals surface area contributed by atoms with Gasteiger partial charge in [-0.1, -0.05) is 59.7 Å². The van der Waals surface area contributed by atoms with Crippen molar-refractivity contribution in [3.8, 4) is 28.7 Å². The Bertz CT molecular complexity index is 1660. The normalized spacial score (nSPS) is 14.8. The Hall–Kier alpha value is -5.29. The van der Waals surface area contributed by atoms with E-state index >= 15 is 0 Å². The summed E-state index contributed by atoms with van der Waals surface area (Å²) in [5.74, 6) is 0.121. The largest absolute Gasteiger partial charge is 0.472 e. The smallest absolute Gasteiger partial charge is 0.317 e. The molecule has 5 aromatic rings. The number of rotatable bonds is 5. The van der Waals surface area contributed by atoms with Crippen LogP contribution in [0.2, 0.25) is 0 Å². The van der Waals surface area contributed by atoms with Crippen LogP contribution in [-0.4, -0.2) is 27.9 Å². The summed E-state index contributed by atoms with van der Waals surface area (Å²) in [6, 6.07) is 26.7. The minimum Gasteiger partial charge on any atom is -0.472 e. The summed E-state index contributed by atoms with van der Waals surface area (Å²) in [6.07, 6.45) is 2.44. The molecule has 0 unspecified atom stereocenters. The predicted octanol–water partition coefficient (Wildman–Crippen LogP) is 5.27. The Kier molecular flexibility index (Phi) is 5.64. The number of furan rings is 1. The van der Waals surface area contributed by atoms with Gasteiger partial charge in [-0.15, -0.1) is 5.10 Å². The van der Waals surface area contributed by atoms with Gasteiger partial charge in [-0.3, -0.25) is 9.79 Å². The molecule has 1 atom stereocenters. The van der Waals surface area contributed by atoms with Crippen LogP contribution in [0.1, 0.15) is 22.3 Å². The van der Waals surface area contributed by atoms with E-state index in [4.69, 9.17) is 13.8 Å². The van der Waals surface area contributed by atoms with Gasteiger partial charge in [-0.2, -0.15) is 5.26 Å². The number of anilines is 1. The van der Waals surface area contributed by atoms with Gasteiger partial charge in [0.05, 0.1) is 29.9 Å². The lowest BCUT2D eigenvalue weighted by Crippen LogP contribution is -2.29. The van der Waals surface area contributed by atoms with Gasteiger partial charge in [-0.05, 0) is 35.4 Å². The van der Waals surface area contributed by atoms with Gasteiger partial charge in [0.2, 0.25) is 5.89 Å². The van der Waals surface area contributed by atoms with Crippen LogP contribution in [0.4, 0.5) is 6.01 Å². The van der Waals surface area contributed by atoms with Crippen LogP contribution < -0.4 is 5.32 Å². The van der Waals surface area contributed by atoms with E-state index in [-0.39, 0.29) is 24.1 Å². The Balaban J connectivity index is 1.36. The average molecular weight is 486 g/mol. The topological polar surface area (TPSA) is 117 Å². The zero-order valence-electron chi connectivity index (χ0n) is 19.5. The number of nitrogens with zero attached hydrogens (tertiary/aromatic N) is 4. The number of aromatic nitrogens is 2. The number of Topliss-reactive ketones (excluding diaryl/α,β-unsaturated/α-hetero) is 1. The maximum Gasteiger partial charge on any atom is 0.317 e. The summed E-state index contributed by atoms with van der Waals surface area (Å²) < 4.78 is 11.1. The summed E-state index contributed by atoms with van der Waals surface area (Å²) in [7, 11) is 0. The number of nitrogens with one attached hydrogen (secondary N) is 1. The SMILES string of the molecule is N#Cc1ccc(-c2nnc(N[C@H]3N=C(c4ccccc4)c4ccccc4CC3=O)o2)c(-c2ccoc2)c1. The molecular formula is C29H19N5O3. The average Bonchev–Trinajstić information content (AvgIpc) is 3.62. The van der Waals surface area contributed by atoms with Gasteiger partial charge in [0.25, 0.3) is 0 Å². The quantitative estimate of drug-likeness (QED) is 0.360. The Labute approximate surface area is 211 Å². The number of hydrogen-bond donors (Lipinski definition) is 1. The standard InChI is InChI=1S/C29H19N5O3/c30-16-18-10-11-23(24(14-18)21-12-13-36-17-21)28-33-34-29(37-28)32-27-25(35)15-20-8-4-5-9-22(20)26(31-27)19-6-2-1-3-7-19/h1-14,17,27H,15H2,(H,32,34)/t27-/m1/s1. The number of fused-ring (bicyclic) bond motifs is 1. The number of benzene rings is 3. The molecular weight excluding hydrogens is 466 g/mol. The minimum atomic E-state index is -0.912. The molecule has 0 saturated carbocycles. The molecule has 3 heterocycles. The lowest BCUT2D eigenvalue weighted by Gasteiger charge is -2.12. The highest BCUT2D eigenvalue weighted by Gasteiger charge is 2.27. The minimum absolute atomic E-state index is 0.0676. The zero-order valence-corrected chi connectivity index (χ0v) is 19.5. The molecule has 0 amide bonds. The van der Waals surface area contributed by atoms with Crippen molar-refractivity contribution < 1.29 is 13.6 Å². The number of aliphatic imine (C=N–C) groups is 1. The van der Waals surface area contributed by atoms with Gasteiger partial charge in [0.1, 0.15) is 0 Å². The molecule has 8 nitrogen and oxygen atoms in total. The monoisotopic (exact) mass is 485 g/mol. The Morgan fingerprint density at radius 1 is 0.892 bits per heavy atom. The first kappa shape index (κ1) is 22.2. The van der Waals surface area contributed by atoms with E-state index in [1.165, 1.54) is 0 Å². The summed E-state index contributed by atoms with van der Waals surface area (Å²) in [5.41, 5.74) is 6.06. The molecule has 0 bridgehead atoms. The third-order valence-electron chi connectivity index (χ3n) is 6.14. The number of nitriles is 1. The molecule has 8 heteroatoms. The lowest BCUT2D eigenvalue weighted by molar-refractivity contribution is -0.119. The first-order valence-electron chi connectivity index (χ1n) is 11.6. The maximum absolute atomic E-state index is 13.2. The fourth-order valence-corrected chi connectivity index (χ4v) is 4.36. The van der Waals surface area contributed by atoms with Crippen molar-refractivity contribution in [1.29, 1.82) is 5.26 Å². The number of carbonyl (C=O) groups excluding carboxylic acids is 1. The van der Waals surface area contributed by atoms with Gasteiger partial charge >= 0.3 is 6.01 Å². The summed E-state index contributed by atoms with van der Waals surface area (Å²) in [4.78, 5) is 18.0. The predicted molar refractivity (Wildman–Crippen MR) is 137 cm³/mol. The second-order valence-electron chi connectivity index (χ2n) is 8.49. The van der Waals surface area contributed by atoms with E-state index in [9.17, 15) is 10.1 Å². The molecule has 6 rings (SSSR count). The molecule has 3 aromatic carbocycles. The van der Waals surface area contributed by atoms with E-state index in [0.717, 1.165) is 22.3 Å². The van der Waals surface area contributed by atoms with Crippen molar-refractivity contribution in [2.45, 2.75) is 12.6 Å². The lowest BCUT2D eigenvalue weighted by atomic mass is 9.96. The Morgan fingerprint density at radius 2 is 1.73 bits per heavy atom.